The van der Waals surface area contributed by atoms with Crippen LogP contribution in [0.3, 0.4) is 0 Å². The summed E-state index contributed by atoms with van der Waals surface area (Å²) >= 11 is 22.3. The molecule has 12 heteroatoms. The van der Waals surface area contributed by atoms with E-state index < -0.39 is 13.5 Å². The van der Waals surface area contributed by atoms with Crippen molar-refractivity contribution >= 4 is 95.6 Å². The molecule has 0 aliphatic heterocycles. The van der Waals surface area contributed by atoms with Crippen LogP contribution in [0.5, 0.6) is 0 Å². The maximum atomic E-state index is 13.8. The number of allylic oxidation sites excluding steroid dienone is 1. The van der Waals surface area contributed by atoms with Crippen LogP contribution >= 0.6 is 78.5 Å². The molecular weight excluding hydrogens is 650 g/mol. The molecule has 0 heterocycles. The maximum absolute atomic E-state index is 13.8. The Morgan fingerprint density at radius 2 is 1.73 bits per heavy atom. The van der Waals surface area contributed by atoms with Gasteiger partial charge in [-0.05, 0) is 69.1 Å². The summed E-state index contributed by atoms with van der Waals surface area (Å²) < 4.78 is 30.2. The highest BCUT2D eigenvalue weighted by molar-refractivity contribution is 9.11. The van der Waals surface area contributed by atoms with Gasteiger partial charge in [0.25, 0.3) is 0 Å². The number of carbonyl (C=O) groups excluding carboxylic acids is 1. The smallest absolute Gasteiger partial charge is 0.394 e. The van der Waals surface area contributed by atoms with Gasteiger partial charge in [-0.1, -0.05) is 39.1 Å². The molecule has 0 aromatic heterocycles. The molecule has 0 spiro atoms. The standard InChI is InChI=1S/C18H14Br3Cl2N2O4P/c1-9(5-16(26)28-2)29-30(27,11-3-4-14(22)15(23)8-11)25-18(24)17-12(20)6-10(19)7-13(17)21/h3-8H,1-2H3,(H2,24,25,27). The van der Waals surface area contributed by atoms with Gasteiger partial charge in [-0.2, -0.15) is 4.76 Å². The van der Waals surface area contributed by atoms with Crippen LogP contribution in [-0.4, -0.2) is 18.9 Å². The highest BCUT2D eigenvalue weighted by Crippen LogP contribution is 2.51. The second-order valence-corrected chi connectivity index (χ2v) is 11.1. The molecule has 0 aliphatic rings. The number of nitrogens with zero attached hydrogens (tertiary/aromatic N) is 1. The number of ether oxygens (including phenoxy) is 1. The zero-order valence-electron chi connectivity index (χ0n) is 15.5. The van der Waals surface area contributed by atoms with Crippen molar-refractivity contribution in [3.63, 3.8) is 0 Å². The van der Waals surface area contributed by atoms with Gasteiger partial charge in [0.15, 0.2) is 0 Å². The van der Waals surface area contributed by atoms with Gasteiger partial charge in [0.2, 0.25) is 0 Å². The fraction of sp³-hybridized carbons (Fsp3) is 0.111. The van der Waals surface area contributed by atoms with Crippen LogP contribution in [0.1, 0.15) is 12.5 Å². The normalized spacial score (nSPS) is 14.2. The lowest BCUT2D eigenvalue weighted by Crippen LogP contribution is -2.17. The van der Waals surface area contributed by atoms with Crippen molar-refractivity contribution in [3.8, 4) is 0 Å². The predicted octanol–water partition coefficient (Wildman–Crippen LogP) is 6.60. The van der Waals surface area contributed by atoms with E-state index in [-0.39, 0.29) is 26.9 Å². The molecule has 6 nitrogen and oxygen atoms in total. The molecule has 2 N–H and O–H groups in total. The third-order valence-electron chi connectivity index (χ3n) is 3.52. The molecule has 2 rings (SSSR count). The Balaban J connectivity index is 2.65. The molecule has 0 bridgehead atoms. The largest absolute Gasteiger partial charge is 0.466 e. The van der Waals surface area contributed by atoms with Crippen LogP contribution in [0, 0.1) is 0 Å². The van der Waals surface area contributed by atoms with Gasteiger partial charge < -0.3 is 15.0 Å². The van der Waals surface area contributed by atoms with Gasteiger partial charge >= 0.3 is 13.5 Å². The zero-order valence-corrected chi connectivity index (χ0v) is 22.6. The maximum Gasteiger partial charge on any atom is 0.394 e. The molecule has 1 unspecified atom stereocenters. The first-order chi connectivity index (χ1) is 14.0. The topological polar surface area (TPSA) is 91.0 Å². The Labute approximate surface area is 208 Å². The van der Waals surface area contributed by atoms with Crippen LogP contribution < -0.4 is 11.0 Å². The Morgan fingerprint density at radius 1 is 1.13 bits per heavy atom. The number of amidine groups is 1. The molecule has 0 aliphatic carbocycles. The Morgan fingerprint density at radius 3 is 2.27 bits per heavy atom. The lowest BCUT2D eigenvalue weighted by atomic mass is 10.2. The van der Waals surface area contributed by atoms with Crippen molar-refractivity contribution in [2.45, 2.75) is 6.92 Å². The van der Waals surface area contributed by atoms with Gasteiger partial charge in [0, 0.05) is 19.0 Å². The molecular formula is C18H14Br3Cl2N2O4P. The molecule has 0 fully saturated rings. The molecule has 0 radical (unpaired) electrons. The van der Waals surface area contributed by atoms with Gasteiger partial charge in [-0.25, -0.2) is 9.36 Å². The molecule has 0 saturated heterocycles. The van der Waals surface area contributed by atoms with E-state index in [2.05, 4.69) is 57.3 Å². The van der Waals surface area contributed by atoms with E-state index in [0.29, 0.717) is 14.5 Å². The van der Waals surface area contributed by atoms with Gasteiger partial charge in [0.1, 0.15) is 11.6 Å². The van der Waals surface area contributed by atoms with E-state index in [1.165, 1.54) is 32.2 Å². The summed E-state index contributed by atoms with van der Waals surface area (Å²) in [4.78, 5) is 11.5. The van der Waals surface area contributed by atoms with E-state index >= 15 is 0 Å². The first-order valence-electron chi connectivity index (χ1n) is 7.99. The third kappa shape index (κ3) is 6.34. The molecule has 0 saturated carbocycles. The lowest BCUT2D eigenvalue weighted by Gasteiger charge is -2.18. The summed E-state index contributed by atoms with van der Waals surface area (Å²) in [5.74, 6) is -0.730. The van der Waals surface area contributed by atoms with Crippen molar-refractivity contribution in [2.24, 2.45) is 10.5 Å². The average molecular weight is 664 g/mol. The molecule has 1 atom stereocenters. The van der Waals surface area contributed by atoms with Crippen LogP contribution in [0.4, 0.5) is 0 Å². The van der Waals surface area contributed by atoms with E-state index in [9.17, 15) is 9.36 Å². The van der Waals surface area contributed by atoms with Crippen molar-refractivity contribution in [3.05, 3.63) is 71.2 Å². The minimum atomic E-state index is -4.02. The van der Waals surface area contributed by atoms with Crippen LogP contribution in [-0.2, 0) is 18.6 Å². The Bertz CT molecular complexity index is 1090. The number of methoxy groups -OCH3 is 1. The summed E-state index contributed by atoms with van der Waals surface area (Å²) in [5, 5.41) is 0.568. The quantitative estimate of drug-likeness (QED) is 0.0940. The van der Waals surface area contributed by atoms with Gasteiger partial charge in [-0.3, -0.25) is 0 Å². The van der Waals surface area contributed by atoms with Gasteiger partial charge in [-0.15, -0.1) is 0 Å². The molecule has 2 aromatic rings. The second kappa shape index (κ2) is 10.7. The fourth-order valence-electron chi connectivity index (χ4n) is 2.22. The van der Waals surface area contributed by atoms with E-state index in [0.717, 1.165) is 10.5 Å². The summed E-state index contributed by atoms with van der Waals surface area (Å²) in [7, 11) is -2.81. The predicted molar refractivity (Wildman–Crippen MR) is 131 cm³/mol. The number of esters is 1. The summed E-state index contributed by atoms with van der Waals surface area (Å²) in [5.41, 5.74) is 6.66. The highest BCUT2D eigenvalue weighted by atomic mass is 79.9. The van der Waals surface area contributed by atoms with Crippen LogP contribution in [0.25, 0.3) is 0 Å². The van der Waals surface area contributed by atoms with E-state index in [1.54, 1.807) is 12.1 Å². The number of rotatable bonds is 6. The SMILES string of the molecule is COC(=O)C=C(C)OP(=O)(N=C(N)c1c(Br)cc(Br)cc1Br)c1ccc(Cl)c(Cl)c1. The first kappa shape index (κ1) is 25.4. The van der Waals surface area contributed by atoms with Crippen molar-refractivity contribution < 1.29 is 18.6 Å². The van der Waals surface area contributed by atoms with Gasteiger partial charge in [0.05, 0.1) is 28.5 Å². The number of hydrogen-bond acceptors (Lipinski definition) is 4. The minimum Gasteiger partial charge on any atom is -0.466 e. The first-order valence-corrected chi connectivity index (χ1v) is 12.7. The number of hydrogen-bond donors (Lipinski definition) is 1. The highest BCUT2D eigenvalue weighted by Gasteiger charge is 2.30. The van der Waals surface area contributed by atoms with Crippen LogP contribution in [0.15, 0.2) is 60.3 Å². The summed E-state index contributed by atoms with van der Waals surface area (Å²) in [6.45, 7) is 1.44. The molecule has 160 valence electrons. The minimum absolute atomic E-state index is 0.0155. The zero-order chi connectivity index (χ0) is 22.6. The monoisotopic (exact) mass is 660 g/mol. The molecule has 0 amide bonds. The summed E-state index contributed by atoms with van der Waals surface area (Å²) in [6, 6.07) is 7.82. The molecule has 30 heavy (non-hydrogen) atoms. The third-order valence-corrected chi connectivity index (χ3v) is 7.91. The number of halogens is 5. The number of carbonyl (C=O) groups is 1. The van der Waals surface area contributed by atoms with Crippen molar-refractivity contribution in [1.29, 1.82) is 0 Å². The van der Waals surface area contributed by atoms with Crippen molar-refractivity contribution in [1.82, 2.24) is 0 Å². The lowest BCUT2D eigenvalue weighted by molar-refractivity contribution is -0.135. The average Bonchev–Trinajstić information content (AvgIpc) is 2.62. The Hall–Kier alpha value is -0.830. The van der Waals surface area contributed by atoms with E-state index in [1.807, 2.05) is 0 Å². The fourth-order valence-corrected chi connectivity index (χ4v) is 6.90. The van der Waals surface area contributed by atoms with Crippen LogP contribution in [0.2, 0.25) is 10.0 Å². The Kier molecular flexibility index (Phi) is 9.04. The number of benzene rings is 2. The molecule has 2 aromatic carbocycles. The number of nitrogens with two attached hydrogens (primary N) is 1. The van der Waals surface area contributed by atoms with Crippen molar-refractivity contribution in [2.75, 3.05) is 7.11 Å². The second-order valence-electron chi connectivity index (χ2n) is 5.72. The van der Waals surface area contributed by atoms with E-state index in [4.69, 9.17) is 33.5 Å². The summed E-state index contributed by atoms with van der Waals surface area (Å²) in [6.07, 6.45) is 1.04.